The number of fused-ring (bicyclic) bond motifs is 1. The second kappa shape index (κ2) is 6.14. The summed E-state index contributed by atoms with van der Waals surface area (Å²) in [6.45, 7) is 0. The monoisotopic (exact) mass is 384 g/mol. The van der Waals surface area contributed by atoms with Crippen molar-refractivity contribution in [3.8, 4) is 5.69 Å². The molecule has 2 aromatic rings. The molecule has 0 bridgehead atoms. The first kappa shape index (κ1) is 18.1. The van der Waals surface area contributed by atoms with Crippen molar-refractivity contribution in [1.82, 2.24) is 9.78 Å². The molecule has 1 heterocycles. The summed E-state index contributed by atoms with van der Waals surface area (Å²) >= 11 is 0. The molecule has 8 heteroatoms. The molecule has 0 saturated heterocycles. The maximum atomic E-state index is 13.3. The Morgan fingerprint density at radius 3 is 2.30 bits per heavy atom. The molecule has 0 spiro atoms. The number of alkyl halides is 5. The first-order valence-electron chi connectivity index (χ1n) is 8.86. The number of halogens is 5. The number of nitrogens with zero attached hydrogens (tertiary/aromatic N) is 2. The molecule has 0 atom stereocenters. The van der Waals surface area contributed by atoms with E-state index in [1.165, 1.54) is 28.9 Å². The van der Waals surface area contributed by atoms with Gasteiger partial charge in [-0.15, -0.1) is 0 Å². The van der Waals surface area contributed by atoms with Crippen LogP contribution in [0.5, 0.6) is 0 Å². The summed E-state index contributed by atoms with van der Waals surface area (Å²) < 4.78 is 67.1. The molecule has 1 saturated carbocycles. The zero-order chi connectivity index (χ0) is 19.4. The fraction of sp³-hybridized carbons (Fsp3) is 0.474. The van der Waals surface area contributed by atoms with E-state index >= 15 is 0 Å². The van der Waals surface area contributed by atoms with Crippen molar-refractivity contribution in [1.29, 1.82) is 0 Å². The summed E-state index contributed by atoms with van der Waals surface area (Å²) in [6.07, 6.45) is -3.07. The zero-order valence-corrected chi connectivity index (χ0v) is 14.3. The van der Waals surface area contributed by atoms with E-state index in [4.69, 9.17) is 0 Å². The molecule has 27 heavy (non-hydrogen) atoms. The van der Waals surface area contributed by atoms with Crippen LogP contribution in [-0.4, -0.2) is 21.5 Å². The van der Waals surface area contributed by atoms with Crippen LogP contribution in [0, 0.1) is 5.92 Å². The summed E-state index contributed by atoms with van der Waals surface area (Å²) in [6, 6.07) is 5.98. The van der Waals surface area contributed by atoms with Crippen molar-refractivity contribution < 1.29 is 26.7 Å². The van der Waals surface area contributed by atoms with E-state index in [0.717, 1.165) is 6.42 Å². The van der Waals surface area contributed by atoms with Crippen LogP contribution in [0.15, 0.2) is 24.3 Å². The van der Waals surface area contributed by atoms with Gasteiger partial charge in [0, 0.05) is 35.6 Å². The molecule has 3 nitrogen and oxygen atoms in total. The van der Waals surface area contributed by atoms with E-state index in [1.807, 2.05) is 0 Å². The highest BCUT2D eigenvalue weighted by Gasteiger charge is 2.48. The average Bonchev–Trinajstić information content (AvgIpc) is 2.99. The first-order valence-corrected chi connectivity index (χ1v) is 8.86. The van der Waals surface area contributed by atoms with Gasteiger partial charge < -0.3 is 0 Å². The predicted molar refractivity (Wildman–Crippen MR) is 87.2 cm³/mol. The van der Waals surface area contributed by atoms with Gasteiger partial charge >= 0.3 is 6.18 Å². The molecule has 2 aliphatic carbocycles. The van der Waals surface area contributed by atoms with Crippen molar-refractivity contribution >= 4 is 5.78 Å². The fourth-order valence-electron chi connectivity index (χ4n) is 3.89. The lowest BCUT2D eigenvalue weighted by atomic mass is 9.76. The van der Waals surface area contributed by atoms with Crippen LogP contribution in [0.25, 0.3) is 5.69 Å². The number of carbonyl (C=O) groups excluding carboxylic acids is 1. The van der Waals surface area contributed by atoms with Crippen LogP contribution in [0.1, 0.15) is 53.0 Å². The van der Waals surface area contributed by atoms with Crippen molar-refractivity contribution in [3.63, 3.8) is 0 Å². The van der Waals surface area contributed by atoms with E-state index in [2.05, 4.69) is 5.10 Å². The number of hydrogen-bond acceptors (Lipinski definition) is 2. The maximum Gasteiger partial charge on any atom is 0.435 e. The van der Waals surface area contributed by atoms with E-state index in [0.29, 0.717) is 30.6 Å². The minimum absolute atomic E-state index is 0.241. The highest BCUT2D eigenvalue weighted by Crippen LogP contribution is 2.44. The second-order valence-electron chi connectivity index (χ2n) is 7.26. The maximum absolute atomic E-state index is 13.3. The highest BCUT2D eigenvalue weighted by atomic mass is 19.4. The number of rotatable bonds is 3. The summed E-state index contributed by atoms with van der Waals surface area (Å²) in [5, 5.41) is 3.80. The van der Waals surface area contributed by atoms with Crippen LogP contribution in [0.2, 0.25) is 0 Å². The summed E-state index contributed by atoms with van der Waals surface area (Å²) in [5.41, 5.74) is 0.654. The molecular formula is C19H17F5N2O. The Hall–Kier alpha value is -2.25. The Balaban J connectivity index is 1.63. The molecule has 0 N–H and O–H groups in total. The molecule has 1 aromatic carbocycles. The van der Waals surface area contributed by atoms with Crippen LogP contribution < -0.4 is 0 Å². The van der Waals surface area contributed by atoms with E-state index in [9.17, 15) is 26.7 Å². The van der Waals surface area contributed by atoms with Crippen LogP contribution >= 0.6 is 0 Å². The SMILES string of the molecule is O=C(c1ccc(-n2nc(C(F)(F)F)c3c2CCCC3)cc1)C1CC(F)(F)C1. The number of carbonyl (C=O) groups is 1. The summed E-state index contributed by atoms with van der Waals surface area (Å²) in [5.74, 6) is -3.83. The average molecular weight is 384 g/mol. The van der Waals surface area contributed by atoms with Crippen LogP contribution in [-0.2, 0) is 19.0 Å². The van der Waals surface area contributed by atoms with Crippen LogP contribution in [0.3, 0.4) is 0 Å². The minimum atomic E-state index is -4.52. The lowest BCUT2D eigenvalue weighted by Gasteiger charge is -2.33. The Morgan fingerprint density at radius 1 is 1.07 bits per heavy atom. The van der Waals surface area contributed by atoms with Crippen LogP contribution in [0.4, 0.5) is 22.0 Å². The molecule has 1 fully saturated rings. The summed E-state index contributed by atoms with van der Waals surface area (Å²) in [4.78, 5) is 12.2. The van der Waals surface area contributed by atoms with Crippen molar-refractivity contribution in [3.05, 3.63) is 46.8 Å². The van der Waals surface area contributed by atoms with Gasteiger partial charge in [0.1, 0.15) is 0 Å². The number of benzene rings is 1. The molecule has 0 aliphatic heterocycles. The topological polar surface area (TPSA) is 34.9 Å². The van der Waals surface area contributed by atoms with E-state index in [-0.39, 0.29) is 16.9 Å². The highest BCUT2D eigenvalue weighted by molar-refractivity contribution is 5.98. The zero-order valence-electron chi connectivity index (χ0n) is 14.3. The molecule has 0 unspecified atom stereocenters. The Labute approximate surface area is 152 Å². The minimum Gasteiger partial charge on any atom is -0.294 e. The Bertz CT molecular complexity index is 875. The lowest BCUT2D eigenvalue weighted by molar-refractivity contribution is -0.142. The third kappa shape index (κ3) is 3.26. The lowest BCUT2D eigenvalue weighted by Crippen LogP contribution is -2.39. The van der Waals surface area contributed by atoms with Gasteiger partial charge in [0.15, 0.2) is 11.5 Å². The van der Waals surface area contributed by atoms with Gasteiger partial charge in [0.2, 0.25) is 5.92 Å². The largest absolute Gasteiger partial charge is 0.435 e. The fourth-order valence-corrected chi connectivity index (χ4v) is 3.89. The molecule has 0 radical (unpaired) electrons. The third-order valence-corrected chi connectivity index (χ3v) is 5.31. The first-order chi connectivity index (χ1) is 12.7. The molecule has 2 aliphatic rings. The second-order valence-corrected chi connectivity index (χ2v) is 7.26. The molecule has 0 amide bonds. The third-order valence-electron chi connectivity index (χ3n) is 5.31. The van der Waals surface area contributed by atoms with Gasteiger partial charge in [-0.2, -0.15) is 18.3 Å². The molecule has 1 aromatic heterocycles. The number of ketones is 1. The van der Waals surface area contributed by atoms with Gasteiger partial charge in [0.25, 0.3) is 0 Å². The smallest absolute Gasteiger partial charge is 0.294 e. The summed E-state index contributed by atoms with van der Waals surface area (Å²) in [7, 11) is 0. The standard InChI is InChI=1S/C19H17F5N2O/c20-18(21)9-12(10-18)16(27)11-5-7-13(8-6-11)26-15-4-2-1-3-14(15)17(25-26)19(22,23)24/h5-8,12H,1-4,9-10H2. The van der Waals surface area contributed by atoms with Crippen molar-refractivity contribution in [2.45, 2.75) is 50.6 Å². The van der Waals surface area contributed by atoms with Gasteiger partial charge in [-0.3, -0.25) is 4.79 Å². The van der Waals surface area contributed by atoms with Gasteiger partial charge in [0.05, 0.1) is 5.69 Å². The quantitative estimate of drug-likeness (QED) is 0.552. The molecule has 144 valence electrons. The van der Waals surface area contributed by atoms with Gasteiger partial charge in [-0.05, 0) is 49.9 Å². The number of Topliss-reactive ketones (excluding diaryl/α,β-unsaturated/α-hetero) is 1. The number of hydrogen-bond donors (Lipinski definition) is 0. The van der Waals surface area contributed by atoms with E-state index in [1.54, 1.807) is 0 Å². The Morgan fingerprint density at radius 2 is 1.70 bits per heavy atom. The number of aromatic nitrogens is 2. The van der Waals surface area contributed by atoms with E-state index < -0.39 is 36.6 Å². The van der Waals surface area contributed by atoms with Crippen molar-refractivity contribution in [2.75, 3.05) is 0 Å². The normalized spacial score (nSPS) is 19.4. The molecule has 4 rings (SSSR count). The van der Waals surface area contributed by atoms with Crippen molar-refractivity contribution in [2.24, 2.45) is 5.92 Å². The van der Waals surface area contributed by atoms with Gasteiger partial charge in [-0.1, -0.05) is 0 Å². The van der Waals surface area contributed by atoms with Gasteiger partial charge in [-0.25, -0.2) is 13.5 Å². The molecular weight excluding hydrogens is 367 g/mol. The Kier molecular flexibility index (Phi) is 4.12. The predicted octanol–water partition coefficient (Wildman–Crippen LogP) is 5.00.